The Labute approximate surface area is 86.4 Å². The van der Waals surface area contributed by atoms with E-state index in [0.717, 1.165) is 25.4 Å². The minimum Gasteiger partial charge on any atom is -0.381 e. The molecule has 0 aromatic carbocycles. The average Bonchev–Trinajstić information content (AvgIpc) is 2.19. The lowest BCUT2D eigenvalue weighted by atomic mass is 10.1. The molecule has 13 heavy (non-hydrogen) atoms. The Balaban J connectivity index is 2.14. The number of hydrogen-bond donors (Lipinski definition) is 1. The van der Waals surface area contributed by atoms with Crippen LogP contribution in [0.4, 0.5) is 0 Å². The van der Waals surface area contributed by atoms with E-state index in [1.807, 2.05) is 0 Å². The topological polar surface area (TPSA) is 12.5 Å². The highest BCUT2D eigenvalue weighted by Crippen LogP contribution is 2.12. The van der Waals surface area contributed by atoms with Crippen LogP contribution in [-0.4, -0.2) is 43.5 Å². The van der Waals surface area contributed by atoms with Gasteiger partial charge in [-0.1, -0.05) is 12.2 Å². The molecule has 3 heteroatoms. The normalized spacial score (nSPS) is 21.4. The predicted octanol–water partition coefficient (Wildman–Crippen LogP) is 1.58. The molecule has 1 fully saturated rings. The maximum atomic E-state index is 5.31. The van der Waals surface area contributed by atoms with E-state index in [2.05, 4.69) is 29.7 Å². The smallest absolute Gasteiger partial charge is 0.0595 e. The second-order valence-corrected chi connectivity index (χ2v) is 3.75. The first-order valence-electron chi connectivity index (χ1n) is 4.88. The van der Waals surface area contributed by atoms with Crippen LogP contribution in [0.3, 0.4) is 0 Å². The van der Waals surface area contributed by atoms with Crippen molar-refractivity contribution in [2.24, 2.45) is 0 Å². The number of rotatable bonds is 4. The number of methoxy groups -OCH3 is 1. The monoisotopic (exact) mass is 201 g/mol. The van der Waals surface area contributed by atoms with E-state index in [4.69, 9.17) is 4.74 Å². The highest BCUT2D eigenvalue weighted by Gasteiger charge is 2.16. The molecule has 0 aromatic rings. The largest absolute Gasteiger partial charge is 0.381 e. The Morgan fingerprint density at radius 1 is 1.38 bits per heavy atom. The Hall–Kier alpha value is 0.01000. The standard InChI is InChI=1S/C10H19NOS/c1-12-10-4-7-11(8-5-10)6-2-3-9-13/h2-3,10,13H,4-9H2,1H3. The lowest BCUT2D eigenvalue weighted by Crippen LogP contribution is -2.36. The first kappa shape index (κ1) is 11.1. The van der Waals surface area contributed by atoms with Crippen LogP contribution in [0.5, 0.6) is 0 Å². The van der Waals surface area contributed by atoms with Gasteiger partial charge in [0.05, 0.1) is 6.10 Å². The van der Waals surface area contributed by atoms with E-state index in [9.17, 15) is 0 Å². The van der Waals surface area contributed by atoms with E-state index in [1.165, 1.54) is 12.8 Å². The first-order valence-corrected chi connectivity index (χ1v) is 5.51. The van der Waals surface area contributed by atoms with Gasteiger partial charge in [-0.25, -0.2) is 0 Å². The zero-order chi connectivity index (χ0) is 9.52. The minimum atomic E-state index is 0.491. The van der Waals surface area contributed by atoms with Gasteiger partial charge in [0.2, 0.25) is 0 Å². The molecule has 1 saturated heterocycles. The molecule has 0 bridgehead atoms. The maximum Gasteiger partial charge on any atom is 0.0595 e. The summed E-state index contributed by atoms with van der Waals surface area (Å²) in [5, 5.41) is 0. The van der Waals surface area contributed by atoms with E-state index in [0.29, 0.717) is 6.10 Å². The van der Waals surface area contributed by atoms with Crippen LogP contribution in [0.25, 0.3) is 0 Å². The Morgan fingerprint density at radius 2 is 2.08 bits per heavy atom. The van der Waals surface area contributed by atoms with Crippen LogP contribution in [-0.2, 0) is 4.74 Å². The van der Waals surface area contributed by atoms with Crippen LogP contribution in [0.15, 0.2) is 12.2 Å². The van der Waals surface area contributed by atoms with Crippen LogP contribution < -0.4 is 0 Å². The SMILES string of the molecule is COC1CCN(CC=CCS)CC1. The molecule has 1 aliphatic rings. The molecule has 0 N–H and O–H groups in total. The zero-order valence-electron chi connectivity index (χ0n) is 8.28. The summed E-state index contributed by atoms with van der Waals surface area (Å²) in [4.78, 5) is 2.45. The van der Waals surface area contributed by atoms with Gasteiger partial charge < -0.3 is 4.74 Å². The fourth-order valence-corrected chi connectivity index (χ4v) is 1.77. The van der Waals surface area contributed by atoms with Crippen molar-refractivity contribution in [3.8, 4) is 0 Å². The van der Waals surface area contributed by atoms with E-state index in [1.54, 1.807) is 7.11 Å². The summed E-state index contributed by atoms with van der Waals surface area (Å²) in [6.07, 6.45) is 7.13. The number of piperidine rings is 1. The van der Waals surface area contributed by atoms with Gasteiger partial charge in [-0.2, -0.15) is 12.6 Å². The van der Waals surface area contributed by atoms with Crippen molar-refractivity contribution in [2.75, 3.05) is 32.5 Å². The summed E-state index contributed by atoms with van der Waals surface area (Å²) in [6, 6.07) is 0. The van der Waals surface area contributed by atoms with Gasteiger partial charge in [0.25, 0.3) is 0 Å². The van der Waals surface area contributed by atoms with Crippen molar-refractivity contribution >= 4 is 12.6 Å². The van der Waals surface area contributed by atoms with Gasteiger partial charge >= 0.3 is 0 Å². The summed E-state index contributed by atoms with van der Waals surface area (Å²) >= 11 is 4.12. The number of thiol groups is 1. The third kappa shape index (κ3) is 4.16. The van der Waals surface area contributed by atoms with Crippen molar-refractivity contribution < 1.29 is 4.74 Å². The lowest BCUT2D eigenvalue weighted by Gasteiger charge is -2.30. The van der Waals surface area contributed by atoms with Crippen molar-refractivity contribution in [3.05, 3.63) is 12.2 Å². The first-order chi connectivity index (χ1) is 6.36. The molecule has 0 aromatic heterocycles. The Bertz CT molecular complexity index is 153. The fourth-order valence-electron chi connectivity index (χ4n) is 1.63. The number of hydrogen-bond acceptors (Lipinski definition) is 3. The van der Waals surface area contributed by atoms with Gasteiger partial charge in [0, 0.05) is 32.5 Å². The highest BCUT2D eigenvalue weighted by atomic mass is 32.1. The Morgan fingerprint density at radius 3 is 2.62 bits per heavy atom. The second kappa shape index (κ2) is 6.46. The molecule has 0 spiro atoms. The van der Waals surface area contributed by atoms with Gasteiger partial charge in [0.1, 0.15) is 0 Å². The second-order valence-electron chi connectivity index (χ2n) is 3.39. The van der Waals surface area contributed by atoms with Gasteiger partial charge in [-0.3, -0.25) is 4.90 Å². The molecule has 1 rings (SSSR count). The maximum absolute atomic E-state index is 5.31. The van der Waals surface area contributed by atoms with Crippen molar-refractivity contribution in [1.29, 1.82) is 0 Å². The molecule has 0 radical (unpaired) electrons. The fraction of sp³-hybridized carbons (Fsp3) is 0.800. The Kier molecular flexibility index (Phi) is 5.51. The predicted molar refractivity (Wildman–Crippen MR) is 59.5 cm³/mol. The summed E-state index contributed by atoms with van der Waals surface area (Å²) in [7, 11) is 1.81. The number of likely N-dealkylation sites (tertiary alicyclic amines) is 1. The van der Waals surface area contributed by atoms with Gasteiger partial charge in [-0.15, -0.1) is 0 Å². The molecule has 0 atom stereocenters. The van der Waals surface area contributed by atoms with E-state index < -0.39 is 0 Å². The molecule has 0 unspecified atom stereocenters. The molecule has 0 saturated carbocycles. The highest BCUT2D eigenvalue weighted by molar-refractivity contribution is 7.80. The van der Waals surface area contributed by atoms with E-state index >= 15 is 0 Å². The van der Waals surface area contributed by atoms with E-state index in [-0.39, 0.29) is 0 Å². The molecule has 0 aliphatic carbocycles. The molecule has 1 heterocycles. The molecule has 76 valence electrons. The summed E-state index contributed by atoms with van der Waals surface area (Å²) in [5.41, 5.74) is 0. The molecule has 2 nitrogen and oxygen atoms in total. The summed E-state index contributed by atoms with van der Waals surface area (Å²) in [5.74, 6) is 0.842. The van der Waals surface area contributed by atoms with Crippen LogP contribution in [0.2, 0.25) is 0 Å². The van der Waals surface area contributed by atoms with Crippen molar-refractivity contribution in [2.45, 2.75) is 18.9 Å². The van der Waals surface area contributed by atoms with Crippen LogP contribution in [0.1, 0.15) is 12.8 Å². The average molecular weight is 201 g/mol. The number of nitrogens with zero attached hydrogens (tertiary/aromatic N) is 1. The minimum absolute atomic E-state index is 0.491. The zero-order valence-corrected chi connectivity index (χ0v) is 9.17. The molecule has 0 amide bonds. The van der Waals surface area contributed by atoms with Crippen LogP contribution in [0, 0.1) is 0 Å². The lowest BCUT2D eigenvalue weighted by molar-refractivity contribution is 0.0445. The third-order valence-corrected chi connectivity index (χ3v) is 2.71. The molecular weight excluding hydrogens is 182 g/mol. The van der Waals surface area contributed by atoms with Gasteiger partial charge in [-0.05, 0) is 12.8 Å². The van der Waals surface area contributed by atoms with Crippen molar-refractivity contribution in [1.82, 2.24) is 4.90 Å². The van der Waals surface area contributed by atoms with Gasteiger partial charge in [0.15, 0.2) is 0 Å². The summed E-state index contributed by atoms with van der Waals surface area (Å²) in [6.45, 7) is 3.39. The third-order valence-electron chi connectivity index (χ3n) is 2.50. The van der Waals surface area contributed by atoms with Crippen LogP contribution >= 0.6 is 12.6 Å². The summed E-state index contributed by atoms with van der Waals surface area (Å²) < 4.78 is 5.31. The quantitative estimate of drug-likeness (QED) is 0.548. The number of ether oxygens (including phenoxy) is 1. The van der Waals surface area contributed by atoms with Crippen molar-refractivity contribution in [3.63, 3.8) is 0 Å². The molecular formula is C10H19NOS. The molecule has 1 aliphatic heterocycles.